The van der Waals surface area contributed by atoms with Crippen molar-refractivity contribution in [2.75, 3.05) is 6.61 Å². The van der Waals surface area contributed by atoms with Crippen molar-refractivity contribution in [1.82, 2.24) is 4.98 Å². The molecule has 28 heavy (non-hydrogen) atoms. The molecular weight excluding hydrogens is 352 g/mol. The summed E-state index contributed by atoms with van der Waals surface area (Å²) >= 11 is 0. The van der Waals surface area contributed by atoms with Crippen LogP contribution in [-0.4, -0.2) is 27.6 Å². The number of nitriles is 1. The number of fused-ring (bicyclic) bond motifs is 4. The molecule has 0 amide bonds. The molecule has 3 N–H and O–H groups in total. The molecule has 0 fully saturated rings. The highest BCUT2D eigenvalue weighted by Crippen LogP contribution is 2.45. The monoisotopic (exact) mass is 374 g/mol. The zero-order valence-electron chi connectivity index (χ0n) is 16.1. The van der Waals surface area contributed by atoms with Crippen LogP contribution in [0.25, 0.3) is 10.9 Å². The molecule has 1 aromatic heterocycles. The number of nitrogens with zero attached hydrogens (tertiary/aromatic N) is 1. The van der Waals surface area contributed by atoms with E-state index in [1.165, 1.54) is 0 Å². The molecule has 1 aliphatic carbocycles. The minimum Gasteiger partial charge on any atom is -0.393 e. The van der Waals surface area contributed by atoms with E-state index in [1.807, 2.05) is 39.0 Å². The molecule has 1 aliphatic rings. The number of aromatic amines is 1. The number of carbonyl (C=O) groups excluding carboxylic acids is 1. The Kier molecular flexibility index (Phi) is 4.15. The lowest BCUT2D eigenvalue weighted by Crippen LogP contribution is -2.31. The number of benzene rings is 2. The largest absolute Gasteiger partial charge is 0.393 e. The van der Waals surface area contributed by atoms with Crippen LogP contribution in [0.3, 0.4) is 0 Å². The number of aliphatic hydroxyl groups excluding tert-OH is 2. The average Bonchev–Trinajstić information content (AvgIpc) is 3.10. The maximum absolute atomic E-state index is 13.4. The maximum atomic E-state index is 13.4. The second-order valence-electron chi connectivity index (χ2n) is 7.85. The van der Waals surface area contributed by atoms with Crippen molar-refractivity contribution in [2.24, 2.45) is 0 Å². The second kappa shape index (κ2) is 6.30. The topological polar surface area (TPSA) is 97.1 Å². The number of nitrogens with one attached hydrogen (secondary N) is 1. The molecule has 142 valence electrons. The highest BCUT2D eigenvalue weighted by Gasteiger charge is 2.40. The molecule has 5 nitrogen and oxygen atoms in total. The molecule has 0 radical (unpaired) electrons. The van der Waals surface area contributed by atoms with E-state index in [1.54, 1.807) is 12.1 Å². The first-order valence-corrected chi connectivity index (χ1v) is 9.40. The average molecular weight is 374 g/mol. The Bertz CT molecular complexity index is 1160. The van der Waals surface area contributed by atoms with Crippen LogP contribution < -0.4 is 0 Å². The number of rotatable bonds is 3. The summed E-state index contributed by atoms with van der Waals surface area (Å²) in [5.41, 5.74) is 5.25. The fourth-order valence-corrected chi connectivity index (χ4v) is 4.32. The number of aromatic nitrogens is 1. The number of aryl methyl sites for hydroxylation is 1. The molecule has 0 spiro atoms. The summed E-state index contributed by atoms with van der Waals surface area (Å²) in [6.45, 7) is 5.68. The molecule has 1 atom stereocenters. The Morgan fingerprint density at radius 1 is 1.25 bits per heavy atom. The smallest absolute Gasteiger partial charge is 0.195 e. The molecule has 4 rings (SSSR count). The van der Waals surface area contributed by atoms with Gasteiger partial charge in [0.1, 0.15) is 6.10 Å². The van der Waals surface area contributed by atoms with Crippen LogP contribution in [0.15, 0.2) is 30.3 Å². The maximum Gasteiger partial charge on any atom is 0.195 e. The Morgan fingerprint density at radius 3 is 2.64 bits per heavy atom. The normalized spacial score (nSPS) is 15.8. The first-order valence-electron chi connectivity index (χ1n) is 9.40. The third-order valence-electron chi connectivity index (χ3n) is 5.89. The van der Waals surface area contributed by atoms with Crippen molar-refractivity contribution in [1.29, 1.82) is 5.26 Å². The van der Waals surface area contributed by atoms with Crippen LogP contribution in [-0.2, 0) is 11.8 Å². The molecule has 0 unspecified atom stereocenters. The molecule has 5 heteroatoms. The van der Waals surface area contributed by atoms with E-state index in [0.29, 0.717) is 28.7 Å². The van der Waals surface area contributed by atoms with Crippen molar-refractivity contribution >= 4 is 16.7 Å². The summed E-state index contributed by atoms with van der Waals surface area (Å²) < 4.78 is 0. The summed E-state index contributed by atoms with van der Waals surface area (Å²) in [6.07, 6.45) is -0.326. The van der Waals surface area contributed by atoms with Gasteiger partial charge in [0.2, 0.25) is 0 Å². The van der Waals surface area contributed by atoms with Crippen LogP contribution in [0.2, 0.25) is 0 Å². The summed E-state index contributed by atoms with van der Waals surface area (Å²) in [5, 5.41) is 29.7. The Balaban J connectivity index is 2.02. The molecule has 0 saturated heterocycles. The molecule has 0 aliphatic heterocycles. The lowest BCUT2D eigenvalue weighted by Gasteiger charge is -2.33. The van der Waals surface area contributed by atoms with Gasteiger partial charge < -0.3 is 15.2 Å². The summed E-state index contributed by atoms with van der Waals surface area (Å²) in [5.74, 6) is -0.0555. The van der Waals surface area contributed by atoms with Gasteiger partial charge in [-0.15, -0.1) is 0 Å². The predicted molar refractivity (Wildman–Crippen MR) is 106 cm³/mol. The number of hydrogen-bond acceptors (Lipinski definition) is 4. The first kappa shape index (κ1) is 18.4. The molecule has 2 aromatic carbocycles. The van der Waals surface area contributed by atoms with Gasteiger partial charge in [0.25, 0.3) is 0 Å². The van der Waals surface area contributed by atoms with E-state index in [9.17, 15) is 20.3 Å². The first-order chi connectivity index (χ1) is 13.3. The minimum absolute atomic E-state index is 0.0555. The quantitative estimate of drug-likeness (QED) is 0.654. The van der Waals surface area contributed by atoms with Crippen LogP contribution in [0, 0.1) is 11.3 Å². The van der Waals surface area contributed by atoms with E-state index >= 15 is 0 Å². The van der Waals surface area contributed by atoms with Crippen molar-refractivity contribution in [2.45, 2.75) is 38.7 Å². The summed E-state index contributed by atoms with van der Waals surface area (Å²) in [4.78, 5) is 16.8. The van der Waals surface area contributed by atoms with E-state index in [-0.39, 0.29) is 12.4 Å². The van der Waals surface area contributed by atoms with E-state index in [2.05, 4.69) is 11.1 Å². The van der Waals surface area contributed by atoms with Crippen LogP contribution in [0.5, 0.6) is 0 Å². The Morgan fingerprint density at radius 2 is 2.00 bits per heavy atom. The number of aliphatic hydroxyl groups is 2. The lowest BCUT2D eigenvalue weighted by atomic mass is 9.70. The zero-order chi connectivity index (χ0) is 20.2. The van der Waals surface area contributed by atoms with Crippen molar-refractivity contribution < 1.29 is 15.0 Å². The van der Waals surface area contributed by atoms with Crippen molar-refractivity contribution in [3.8, 4) is 6.07 Å². The third kappa shape index (κ3) is 2.42. The highest BCUT2D eigenvalue weighted by atomic mass is 16.3. The van der Waals surface area contributed by atoms with Gasteiger partial charge in [-0.05, 0) is 41.3 Å². The standard InChI is InChI=1S/C23H22N2O3/c1-4-13-8-16-17(9-15(13)19(27)11-26)23(2,3)22-20(21(16)28)14-6-5-12(10-24)7-18(14)25-22/h5-9,19,25-27H,4,11H2,1-3H3/t19-/m0/s1. The van der Waals surface area contributed by atoms with Gasteiger partial charge in [-0.25, -0.2) is 0 Å². The fraction of sp³-hybridized carbons (Fsp3) is 0.304. The predicted octanol–water partition coefficient (Wildman–Crippen LogP) is 3.50. The van der Waals surface area contributed by atoms with Gasteiger partial charge in [-0.1, -0.05) is 32.9 Å². The highest BCUT2D eigenvalue weighted by molar-refractivity contribution is 6.20. The number of carbonyl (C=O) groups is 1. The Labute approximate surface area is 163 Å². The molecule has 3 aromatic rings. The lowest BCUT2D eigenvalue weighted by molar-refractivity contribution is 0.0946. The van der Waals surface area contributed by atoms with E-state index in [0.717, 1.165) is 27.7 Å². The van der Waals surface area contributed by atoms with Crippen molar-refractivity contribution in [3.63, 3.8) is 0 Å². The van der Waals surface area contributed by atoms with Gasteiger partial charge >= 0.3 is 0 Å². The van der Waals surface area contributed by atoms with E-state index in [4.69, 9.17) is 0 Å². The third-order valence-corrected chi connectivity index (χ3v) is 5.89. The number of H-pyrrole nitrogens is 1. The molecule has 0 saturated carbocycles. The number of ketones is 1. The van der Waals surface area contributed by atoms with Gasteiger partial charge in [0.15, 0.2) is 5.78 Å². The SMILES string of the molecule is CCc1cc2c(cc1[C@@H](O)CO)C(C)(C)c1[nH]c3cc(C#N)ccc3c1C2=O. The van der Waals surface area contributed by atoms with Crippen LogP contribution in [0.1, 0.15) is 70.7 Å². The fourth-order valence-electron chi connectivity index (χ4n) is 4.32. The van der Waals surface area contributed by atoms with E-state index < -0.39 is 11.5 Å². The summed E-state index contributed by atoms with van der Waals surface area (Å²) in [6, 6.07) is 11.2. The van der Waals surface area contributed by atoms with Gasteiger partial charge in [-0.3, -0.25) is 4.79 Å². The zero-order valence-corrected chi connectivity index (χ0v) is 16.1. The molecular formula is C23H22N2O3. The van der Waals surface area contributed by atoms with Gasteiger partial charge in [0.05, 0.1) is 23.8 Å². The van der Waals surface area contributed by atoms with Crippen LogP contribution in [0.4, 0.5) is 0 Å². The molecule has 0 bridgehead atoms. The molecule has 1 heterocycles. The minimum atomic E-state index is -0.978. The second-order valence-corrected chi connectivity index (χ2v) is 7.85. The number of hydrogen-bond donors (Lipinski definition) is 3. The van der Waals surface area contributed by atoms with Gasteiger partial charge in [0, 0.05) is 27.6 Å². The Hall–Kier alpha value is -2.94. The summed E-state index contributed by atoms with van der Waals surface area (Å²) in [7, 11) is 0. The van der Waals surface area contributed by atoms with Gasteiger partial charge in [-0.2, -0.15) is 5.26 Å². The van der Waals surface area contributed by atoms with Crippen LogP contribution >= 0.6 is 0 Å². The van der Waals surface area contributed by atoms with Crippen molar-refractivity contribution in [3.05, 3.63) is 69.4 Å².